The highest BCUT2D eigenvalue weighted by Crippen LogP contribution is 1.85. The Kier molecular flexibility index (Phi) is 2.64. The molecule has 0 bridgehead atoms. The first-order valence-corrected chi connectivity index (χ1v) is 2.26. The average Bonchev–Trinajstić information content (AvgIpc) is 1.65. The first-order chi connectivity index (χ1) is 3.18. The maximum atomic E-state index is 5.41. The van der Waals surface area contributed by atoms with Gasteiger partial charge in [-0.2, -0.15) is 0 Å². The third-order valence-electron chi connectivity index (χ3n) is 0.842. The van der Waals surface area contributed by atoms with E-state index >= 15 is 0 Å². The summed E-state index contributed by atoms with van der Waals surface area (Å²) in [5.41, 5.74) is 6.37. The molecule has 0 aliphatic rings. The summed E-state index contributed by atoms with van der Waals surface area (Å²) in [6.07, 6.45) is -0.0417. The average molecular weight is 100 g/mol. The minimum atomic E-state index is -0.0417. The van der Waals surface area contributed by atoms with Crippen LogP contribution < -0.4 is 11.1 Å². The lowest BCUT2D eigenvalue weighted by atomic mass is 10.3. The van der Waals surface area contributed by atoms with Crippen LogP contribution in [-0.4, -0.2) is 13.2 Å². The van der Waals surface area contributed by atoms with E-state index < -0.39 is 0 Å². The van der Waals surface area contributed by atoms with Crippen molar-refractivity contribution in [3.05, 3.63) is 12.2 Å². The fraction of sp³-hybridized carbons (Fsp3) is 0.600. The molecule has 2 nitrogen and oxygen atoms in total. The molecule has 0 spiro atoms. The van der Waals surface area contributed by atoms with Crippen molar-refractivity contribution < 1.29 is 0 Å². The highest BCUT2D eigenvalue weighted by Gasteiger charge is 1.93. The molecule has 2 heteroatoms. The lowest BCUT2D eigenvalue weighted by Crippen LogP contribution is -2.34. The van der Waals surface area contributed by atoms with E-state index in [9.17, 15) is 0 Å². The van der Waals surface area contributed by atoms with Gasteiger partial charge in [-0.3, -0.25) is 0 Å². The second-order valence-corrected chi connectivity index (χ2v) is 1.61. The third kappa shape index (κ3) is 2.37. The summed E-state index contributed by atoms with van der Waals surface area (Å²) >= 11 is 0. The van der Waals surface area contributed by atoms with Crippen molar-refractivity contribution in [1.29, 1.82) is 0 Å². The molecule has 0 rings (SSSR count). The van der Waals surface area contributed by atoms with Crippen molar-refractivity contribution in [2.24, 2.45) is 5.73 Å². The minimum Gasteiger partial charge on any atom is -0.312 e. The van der Waals surface area contributed by atoms with Gasteiger partial charge in [-0.25, -0.2) is 0 Å². The van der Waals surface area contributed by atoms with Gasteiger partial charge in [0.05, 0.1) is 6.17 Å². The molecule has 0 aromatic heterocycles. The summed E-state index contributed by atoms with van der Waals surface area (Å²) in [5, 5.41) is 2.84. The van der Waals surface area contributed by atoms with E-state index in [-0.39, 0.29) is 6.17 Å². The molecule has 0 aliphatic heterocycles. The van der Waals surface area contributed by atoms with E-state index in [0.717, 1.165) is 5.57 Å². The van der Waals surface area contributed by atoms with Crippen molar-refractivity contribution in [3.8, 4) is 0 Å². The molecule has 0 radical (unpaired) electrons. The smallest absolute Gasteiger partial charge is 0.0761 e. The molecule has 0 heterocycles. The van der Waals surface area contributed by atoms with Crippen LogP contribution in [0.5, 0.6) is 0 Å². The van der Waals surface area contributed by atoms with Crippen molar-refractivity contribution in [2.45, 2.75) is 13.1 Å². The fourth-order valence-electron chi connectivity index (χ4n) is 0.246. The molecule has 3 N–H and O–H groups in total. The Morgan fingerprint density at radius 2 is 2.29 bits per heavy atom. The summed E-state index contributed by atoms with van der Waals surface area (Å²) in [6.45, 7) is 5.53. The molecule has 0 amide bonds. The molecule has 1 unspecified atom stereocenters. The molecular formula is C5H12N2. The number of rotatable bonds is 2. The second kappa shape index (κ2) is 2.77. The quantitative estimate of drug-likeness (QED) is 0.380. The summed E-state index contributed by atoms with van der Waals surface area (Å²) in [6, 6.07) is 0. The van der Waals surface area contributed by atoms with Gasteiger partial charge in [0.2, 0.25) is 0 Å². The van der Waals surface area contributed by atoms with E-state index in [1.54, 1.807) is 7.05 Å². The fourth-order valence-corrected chi connectivity index (χ4v) is 0.246. The summed E-state index contributed by atoms with van der Waals surface area (Å²) in [4.78, 5) is 0. The molecule has 0 saturated heterocycles. The zero-order valence-electron chi connectivity index (χ0n) is 4.86. The van der Waals surface area contributed by atoms with Gasteiger partial charge in [0.1, 0.15) is 0 Å². The van der Waals surface area contributed by atoms with E-state index in [0.29, 0.717) is 0 Å². The minimum absolute atomic E-state index is 0.0417. The first kappa shape index (κ1) is 6.66. The molecule has 1 atom stereocenters. The highest BCUT2D eigenvalue weighted by atomic mass is 15.0. The van der Waals surface area contributed by atoms with Crippen LogP contribution in [-0.2, 0) is 0 Å². The van der Waals surface area contributed by atoms with Crippen LogP contribution >= 0.6 is 0 Å². The SMILES string of the molecule is C=C(C)C(N)NC. The van der Waals surface area contributed by atoms with Crippen molar-refractivity contribution in [3.63, 3.8) is 0 Å². The Labute approximate surface area is 44.4 Å². The standard InChI is InChI=1S/C5H12N2/c1-4(2)5(6)7-3/h5,7H,1,6H2,2-3H3. The number of hydrogen-bond donors (Lipinski definition) is 2. The van der Waals surface area contributed by atoms with Gasteiger partial charge in [-0.1, -0.05) is 6.58 Å². The van der Waals surface area contributed by atoms with Crippen LogP contribution in [0, 0.1) is 0 Å². The van der Waals surface area contributed by atoms with Gasteiger partial charge in [-0.05, 0) is 19.5 Å². The number of nitrogens with two attached hydrogens (primary N) is 1. The molecule has 0 aromatic rings. The van der Waals surface area contributed by atoms with Gasteiger partial charge in [0, 0.05) is 0 Å². The predicted octanol–water partition coefficient (Wildman–Crippen LogP) is 0.0667. The van der Waals surface area contributed by atoms with Gasteiger partial charge >= 0.3 is 0 Å². The van der Waals surface area contributed by atoms with E-state index in [2.05, 4.69) is 11.9 Å². The zero-order valence-corrected chi connectivity index (χ0v) is 4.86. The third-order valence-corrected chi connectivity index (χ3v) is 0.842. The monoisotopic (exact) mass is 100 g/mol. The molecule has 0 aromatic carbocycles. The van der Waals surface area contributed by atoms with Gasteiger partial charge in [0.25, 0.3) is 0 Å². The van der Waals surface area contributed by atoms with Crippen LogP contribution in [0.4, 0.5) is 0 Å². The molecule has 0 fully saturated rings. The van der Waals surface area contributed by atoms with Gasteiger partial charge in [-0.15, -0.1) is 0 Å². The van der Waals surface area contributed by atoms with Gasteiger partial charge in [0.15, 0.2) is 0 Å². The Hall–Kier alpha value is -0.340. The summed E-state index contributed by atoms with van der Waals surface area (Å²) in [5.74, 6) is 0. The Morgan fingerprint density at radius 3 is 2.29 bits per heavy atom. The lowest BCUT2D eigenvalue weighted by Gasteiger charge is -2.06. The number of hydrogen-bond acceptors (Lipinski definition) is 2. The second-order valence-electron chi connectivity index (χ2n) is 1.61. The van der Waals surface area contributed by atoms with E-state index in [4.69, 9.17) is 5.73 Å². The lowest BCUT2D eigenvalue weighted by molar-refractivity contribution is 0.665. The van der Waals surface area contributed by atoms with Crippen molar-refractivity contribution in [1.82, 2.24) is 5.32 Å². The van der Waals surface area contributed by atoms with Crippen molar-refractivity contribution >= 4 is 0 Å². The van der Waals surface area contributed by atoms with Crippen LogP contribution in [0.3, 0.4) is 0 Å². The van der Waals surface area contributed by atoms with E-state index in [1.807, 2.05) is 6.92 Å². The first-order valence-electron chi connectivity index (χ1n) is 2.26. The molecule has 42 valence electrons. The molecule has 0 aliphatic carbocycles. The van der Waals surface area contributed by atoms with Crippen LogP contribution in [0.1, 0.15) is 6.92 Å². The van der Waals surface area contributed by atoms with E-state index in [1.165, 1.54) is 0 Å². The van der Waals surface area contributed by atoms with Crippen molar-refractivity contribution in [2.75, 3.05) is 7.05 Å². The highest BCUT2D eigenvalue weighted by molar-refractivity contribution is 4.96. The topological polar surface area (TPSA) is 38.0 Å². The Bertz CT molecular complexity index is 68.5. The number of likely N-dealkylation sites (N-methyl/N-ethyl adjacent to an activating group) is 1. The number of nitrogens with one attached hydrogen (secondary N) is 1. The van der Waals surface area contributed by atoms with Gasteiger partial charge < -0.3 is 11.1 Å². The normalized spacial score (nSPS) is 13.6. The maximum absolute atomic E-state index is 5.41. The molecular weight excluding hydrogens is 88.1 g/mol. The van der Waals surface area contributed by atoms with Crippen LogP contribution in [0.2, 0.25) is 0 Å². The largest absolute Gasteiger partial charge is 0.312 e. The summed E-state index contributed by atoms with van der Waals surface area (Å²) < 4.78 is 0. The maximum Gasteiger partial charge on any atom is 0.0761 e. The zero-order chi connectivity index (χ0) is 5.86. The summed E-state index contributed by atoms with van der Waals surface area (Å²) in [7, 11) is 1.80. The Morgan fingerprint density at radius 1 is 1.86 bits per heavy atom. The molecule has 0 saturated carbocycles. The molecule has 7 heavy (non-hydrogen) atoms. The van der Waals surface area contributed by atoms with Crippen LogP contribution in [0.25, 0.3) is 0 Å². The Balaban J connectivity index is 3.34. The van der Waals surface area contributed by atoms with Crippen LogP contribution in [0.15, 0.2) is 12.2 Å². The predicted molar refractivity (Wildman–Crippen MR) is 31.8 cm³/mol.